The fourth-order valence-corrected chi connectivity index (χ4v) is 1.67. The molecule has 0 heterocycles. The minimum Gasteiger partial charge on any atom is -0.392 e. The Morgan fingerprint density at radius 3 is 2.37 bits per heavy atom. The molecular weight excluding hydrogens is 242 g/mol. The number of hydrogen-bond donors (Lipinski definition) is 1. The maximum atomic E-state index is 10.7. The lowest BCUT2D eigenvalue weighted by Gasteiger charge is -1.97. The number of nitro groups is 1. The van der Waals surface area contributed by atoms with Gasteiger partial charge in [-0.15, -0.1) is 0 Å². The largest absolute Gasteiger partial charge is 0.392 e. The van der Waals surface area contributed by atoms with E-state index in [0.717, 1.165) is 16.7 Å². The van der Waals surface area contributed by atoms with E-state index in [0.29, 0.717) is 0 Å². The summed E-state index contributed by atoms with van der Waals surface area (Å²) in [7, 11) is 0. The molecule has 96 valence electrons. The molecule has 0 atom stereocenters. The van der Waals surface area contributed by atoms with Crippen molar-refractivity contribution in [2.75, 3.05) is 0 Å². The maximum Gasteiger partial charge on any atom is 0.270 e. The van der Waals surface area contributed by atoms with E-state index in [4.69, 9.17) is 5.11 Å². The second-order valence-corrected chi connectivity index (χ2v) is 4.09. The minimum atomic E-state index is -0.409. The Morgan fingerprint density at radius 2 is 1.74 bits per heavy atom. The Morgan fingerprint density at radius 1 is 1.05 bits per heavy atom. The third-order valence-corrected chi connectivity index (χ3v) is 2.71. The standard InChI is InChI=1S/C15H13NO3/c17-11-14-8-5-12(6-9-14)4-7-13-2-1-3-15(10-13)16(18)19/h1-10,17H,11H2/b7-4+. The van der Waals surface area contributed by atoms with Crippen LogP contribution in [-0.2, 0) is 6.61 Å². The number of benzene rings is 2. The van der Waals surface area contributed by atoms with Crippen molar-refractivity contribution in [2.24, 2.45) is 0 Å². The number of nitro benzene ring substituents is 1. The molecule has 0 saturated heterocycles. The molecule has 0 fully saturated rings. The van der Waals surface area contributed by atoms with E-state index in [1.54, 1.807) is 6.07 Å². The predicted molar refractivity (Wildman–Crippen MR) is 74.4 cm³/mol. The molecule has 0 unspecified atom stereocenters. The Hall–Kier alpha value is -2.46. The number of non-ortho nitro benzene ring substituents is 1. The summed E-state index contributed by atoms with van der Waals surface area (Å²) < 4.78 is 0. The van der Waals surface area contributed by atoms with Gasteiger partial charge in [-0.25, -0.2) is 0 Å². The van der Waals surface area contributed by atoms with Crippen molar-refractivity contribution in [3.8, 4) is 0 Å². The van der Waals surface area contributed by atoms with Crippen molar-refractivity contribution in [1.82, 2.24) is 0 Å². The summed E-state index contributed by atoms with van der Waals surface area (Å²) in [5, 5.41) is 19.6. The fourth-order valence-electron chi connectivity index (χ4n) is 1.67. The van der Waals surface area contributed by atoms with Crippen LogP contribution in [0.3, 0.4) is 0 Å². The molecule has 0 radical (unpaired) electrons. The highest BCUT2D eigenvalue weighted by molar-refractivity contribution is 5.70. The SMILES string of the molecule is O=[N+]([O-])c1cccc(/C=C/c2ccc(CO)cc2)c1. The van der Waals surface area contributed by atoms with Crippen LogP contribution in [0.1, 0.15) is 16.7 Å². The van der Waals surface area contributed by atoms with Crippen LogP contribution < -0.4 is 0 Å². The van der Waals surface area contributed by atoms with Gasteiger partial charge in [0, 0.05) is 12.1 Å². The minimum absolute atomic E-state index is 0.0227. The van der Waals surface area contributed by atoms with Crippen molar-refractivity contribution in [3.63, 3.8) is 0 Å². The molecule has 0 aliphatic carbocycles. The smallest absolute Gasteiger partial charge is 0.270 e. The lowest BCUT2D eigenvalue weighted by molar-refractivity contribution is -0.384. The molecule has 0 aliphatic rings. The van der Waals surface area contributed by atoms with Crippen molar-refractivity contribution >= 4 is 17.8 Å². The van der Waals surface area contributed by atoms with E-state index in [1.165, 1.54) is 12.1 Å². The highest BCUT2D eigenvalue weighted by atomic mass is 16.6. The van der Waals surface area contributed by atoms with Crippen molar-refractivity contribution in [2.45, 2.75) is 6.61 Å². The fraction of sp³-hybridized carbons (Fsp3) is 0.0667. The number of hydrogen-bond acceptors (Lipinski definition) is 3. The molecule has 0 saturated carbocycles. The molecule has 4 nitrogen and oxygen atoms in total. The first-order chi connectivity index (χ1) is 9.19. The summed E-state index contributed by atoms with van der Waals surface area (Å²) in [6.07, 6.45) is 3.70. The van der Waals surface area contributed by atoms with Crippen molar-refractivity contribution in [3.05, 3.63) is 75.3 Å². The zero-order chi connectivity index (χ0) is 13.7. The summed E-state index contributed by atoms with van der Waals surface area (Å²) in [6.45, 7) is 0.0227. The monoisotopic (exact) mass is 255 g/mol. The first-order valence-electron chi connectivity index (χ1n) is 5.81. The lowest BCUT2D eigenvalue weighted by atomic mass is 10.1. The first kappa shape index (κ1) is 13.0. The van der Waals surface area contributed by atoms with Gasteiger partial charge in [0.05, 0.1) is 11.5 Å². The van der Waals surface area contributed by atoms with Gasteiger partial charge in [0.2, 0.25) is 0 Å². The van der Waals surface area contributed by atoms with Gasteiger partial charge in [-0.05, 0) is 16.7 Å². The van der Waals surface area contributed by atoms with Crippen LogP contribution in [0.5, 0.6) is 0 Å². The van der Waals surface area contributed by atoms with E-state index in [2.05, 4.69) is 0 Å². The topological polar surface area (TPSA) is 63.4 Å². The Balaban J connectivity index is 2.17. The summed E-state index contributed by atoms with van der Waals surface area (Å²) >= 11 is 0. The quantitative estimate of drug-likeness (QED) is 0.518. The summed E-state index contributed by atoms with van der Waals surface area (Å²) in [5.74, 6) is 0. The molecule has 2 aromatic carbocycles. The van der Waals surface area contributed by atoms with E-state index >= 15 is 0 Å². The van der Waals surface area contributed by atoms with Crippen LogP contribution in [-0.4, -0.2) is 10.0 Å². The van der Waals surface area contributed by atoms with Crippen LogP contribution >= 0.6 is 0 Å². The summed E-state index contributed by atoms with van der Waals surface area (Å²) in [6, 6.07) is 13.9. The van der Waals surface area contributed by atoms with Crippen LogP contribution in [0.15, 0.2) is 48.5 Å². The van der Waals surface area contributed by atoms with Crippen LogP contribution in [0.2, 0.25) is 0 Å². The van der Waals surface area contributed by atoms with Gasteiger partial charge in [0.15, 0.2) is 0 Å². The van der Waals surface area contributed by atoms with Gasteiger partial charge < -0.3 is 5.11 Å². The molecule has 0 aliphatic heterocycles. The van der Waals surface area contributed by atoms with Crippen LogP contribution in [0.4, 0.5) is 5.69 Å². The normalized spacial score (nSPS) is 10.8. The van der Waals surface area contributed by atoms with Gasteiger partial charge in [-0.1, -0.05) is 48.6 Å². The zero-order valence-electron chi connectivity index (χ0n) is 10.2. The third-order valence-electron chi connectivity index (χ3n) is 2.71. The zero-order valence-corrected chi connectivity index (χ0v) is 10.2. The summed E-state index contributed by atoms with van der Waals surface area (Å²) in [5.41, 5.74) is 2.69. The Bertz CT molecular complexity index is 603. The van der Waals surface area contributed by atoms with Gasteiger partial charge in [-0.2, -0.15) is 0 Å². The molecule has 0 bridgehead atoms. The van der Waals surface area contributed by atoms with Gasteiger partial charge >= 0.3 is 0 Å². The Kier molecular flexibility index (Phi) is 4.05. The van der Waals surface area contributed by atoms with Crippen molar-refractivity contribution < 1.29 is 10.0 Å². The van der Waals surface area contributed by atoms with E-state index in [9.17, 15) is 10.1 Å². The molecule has 1 N–H and O–H groups in total. The molecule has 2 aromatic rings. The molecule has 0 aromatic heterocycles. The first-order valence-corrected chi connectivity index (χ1v) is 5.81. The van der Waals surface area contributed by atoms with E-state index in [-0.39, 0.29) is 12.3 Å². The molecule has 0 amide bonds. The molecule has 19 heavy (non-hydrogen) atoms. The molecule has 4 heteroatoms. The van der Waals surface area contributed by atoms with E-state index < -0.39 is 4.92 Å². The van der Waals surface area contributed by atoms with Crippen molar-refractivity contribution in [1.29, 1.82) is 0 Å². The number of nitrogens with zero attached hydrogens (tertiary/aromatic N) is 1. The van der Waals surface area contributed by atoms with Crippen LogP contribution in [0.25, 0.3) is 12.2 Å². The van der Waals surface area contributed by atoms with Gasteiger partial charge in [0.1, 0.15) is 0 Å². The highest BCUT2D eigenvalue weighted by Crippen LogP contribution is 2.15. The van der Waals surface area contributed by atoms with E-state index in [1.807, 2.05) is 42.5 Å². The number of aliphatic hydroxyl groups is 1. The van der Waals surface area contributed by atoms with Crippen LogP contribution in [0, 0.1) is 10.1 Å². The average Bonchev–Trinajstić information content (AvgIpc) is 2.46. The predicted octanol–water partition coefficient (Wildman–Crippen LogP) is 3.26. The number of aliphatic hydroxyl groups excluding tert-OH is 1. The summed E-state index contributed by atoms with van der Waals surface area (Å²) in [4.78, 5) is 10.2. The molecule has 0 spiro atoms. The number of rotatable bonds is 4. The average molecular weight is 255 g/mol. The van der Waals surface area contributed by atoms with Gasteiger partial charge in [-0.3, -0.25) is 10.1 Å². The second-order valence-electron chi connectivity index (χ2n) is 4.09. The highest BCUT2D eigenvalue weighted by Gasteiger charge is 2.03. The maximum absolute atomic E-state index is 10.7. The third kappa shape index (κ3) is 3.50. The molecular formula is C15H13NO3. The lowest BCUT2D eigenvalue weighted by Crippen LogP contribution is -1.87. The second kappa shape index (κ2) is 5.93. The van der Waals surface area contributed by atoms with Gasteiger partial charge in [0.25, 0.3) is 5.69 Å². The molecule has 2 rings (SSSR count). The Labute approximate surface area is 110 Å².